The van der Waals surface area contributed by atoms with Crippen LogP contribution in [0.15, 0.2) is 0 Å². The molecule has 0 aromatic heterocycles. The third kappa shape index (κ3) is 5.06. The second-order valence-corrected chi connectivity index (χ2v) is 6.69. The summed E-state index contributed by atoms with van der Waals surface area (Å²) in [6, 6.07) is 0.372. The van der Waals surface area contributed by atoms with Crippen LogP contribution in [0.5, 0.6) is 0 Å². The van der Waals surface area contributed by atoms with Crippen molar-refractivity contribution in [1.29, 1.82) is 0 Å². The fourth-order valence-corrected chi connectivity index (χ4v) is 3.85. The molecule has 0 spiro atoms. The van der Waals surface area contributed by atoms with Crippen LogP contribution in [0.2, 0.25) is 0 Å². The Balaban J connectivity index is 2.36. The second kappa shape index (κ2) is 8.22. The Kier molecular flexibility index (Phi) is 7.32. The molecule has 1 rings (SSSR count). The van der Waals surface area contributed by atoms with E-state index in [-0.39, 0.29) is 11.4 Å². The van der Waals surface area contributed by atoms with Crippen LogP contribution >= 0.6 is 0 Å². The van der Waals surface area contributed by atoms with Gasteiger partial charge in [0.05, 0.1) is 11.9 Å². The van der Waals surface area contributed by atoms with E-state index < -0.39 is 10.8 Å². The molecule has 4 unspecified atom stereocenters. The average Bonchev–Trinajstić information content (AvgIpc) is 2.82. The highest BCUT2D eigenvalue weighted by Gasteiger charge is 2.25. The van der Waals surface area contributed by atoms with Gasteiger partial charge in [-0.3, -0.25) is 4.21 Å². The number of rotatable bonds is 8. The molecule has 4 atom stereocenters. The smallest absolute Gasteiger partial charge is 0.0691 e. The molecule has 0 bridgehead atoms. The van der Waals surface area contributed by atoms with Gasteiger partial charge in [-0.2, -0.15) is 0 Å². The molecular formula is C13H27NO2S. The Morgan fingerprint density at radius 3 is 2.76 bits per heavy atom. The molecule has 17 heavy (non-hydrogen) atoms. The highest BCUT2D eigenvalue weighted by molar-refractivity contribution is 7.85. The molecule has 0 radical (unpaired) electrons. The van der Waals surface area contributed by atoms with Crippen molar-refractivity contribution in [3.63, 3.8) is 0 Å². The van der Waals surface area contributed by atoms with E-state index in [1.54, 1.807) is 0 Å². The summed E-state index contributed by atoms with van der Waals surface area (Å²) >= 11 is 0. The number of hydrogen-bond acceptors (Lipinski definition) is 3. The third-order valence-electron chi connectivity index (χ3n) is 3.45. The molecule has 4 heteroatoms. The van der Waals surface area contributed by atoms with Crippen molar-refractivity contribution in [2.75, 3.05) is 18.9 Å². The van der Waals surface area contributed by atoms with Crippen LogP contribution in [0.4, 0.5) is 0 Å². The molecule has 1 heterocycles. The minimum absolute atomic E-state index is 0.218. The molecule has 1 N–H and O–H groups in total. The zero-order chi connectivity index (χ0) is 12.7. The number of hydrogen-bond donors (Lipinski definition) is 1. The van der Waals surface area contributed by atoms with Crippen LogP contribution in [0.25, 0.3) is 0 Å². The lowest BCUT2D eigenvalue weighted by molar-refractivity contribution is 0.128. The zero-order valence-electron chi connectivity index (χ0n) is 11.4. The molecule has 102 valence electrons. The minimum Gasteiger partial charge on any atom is -0.377 e. The lowest BCUT2D eigenvalue weighted by atomic mass is 10.1. The van der Waals surface area contributed by atoms with Crippen molar-refractivity contribution in [3.8, 4) is 0 Å². The molecule has 1 aliphatic rings. The third-order valence-corrected chi connectivity index (χ3v) is 5.31. The monoisotopic (exact) mass is 261 g/mol. The molecule has 1 saturated heterocycles. The van der Waals surface area contributed by atoms with Crippen LogP contribution < -0.4 is 5.32 Å². The Morgan fingerprint density at radius 2 is 2.24 bits per heavy atom. The summed E-state index contributed by atoms with van der Waals surface area (Å²) in [5, 5.41) is 3.71. The van der Waals surface area contributed by atoms with Crippen LogP contribution in [-0.4, -0.2) is 40.5 Å². The van der Waals surface area contributed by atoms with Gasteiger partial charge in [0.2, 0.25) is 0 Å². The lowest BCUT2D eigenvalue weighted by Gasteiger charge is -2.24. The van der Waals surface area contributed by atoms with Crippen molar-refractivity contribution in [2.45, 2.75) is 63.9 Å². The largest absolute Gasteiger partial charge is 0.377 e. The van der Waals surface area contributed by atoms with Crippen molar-refractivity contribution < 1.29 is 8.95 Å². The maximum absolute atomic E-state index is 12.3. The van der Waals surface area contributed by atoms with Crippen LogP contribution in [-0.2, 0) is 15.5 Å². The van der Waals surface area contributed by atoms with Gasteiger partial charge in [0, 0.05) is 28.7 Å². The van der Waals surface area contributed by atoms with E-state index in [0.717, 1.165) is 38.8 Å². The zero-order valence-corrected chi connectivity index (χ0v) is 12.2. The highest BCUT2D eigenvalue weighted by atomic mass is 32.2. The molecule has 0 aromatic rings. The summed E-state index contributed by atoms with van der Waals surface area (Å²) in [6.07, 6.45) is 4.61. The molecular weight excluding hydrogens is 234 g/mol. The van der Waals surface area contributed by atoms with Crippen molar-refractivity contribution in [2.24, 2.45) is 0 Å². The summed E-state index contributed by atoms with van der Waals surface area (Å²) in [5.74, 6) is 0.714. The minimum atomic E-state index is -0.776. The molecule has 0 amide bonds. The van der Waals surface area contributed by atoms with Gasteiger partial charge >= 0.3 is 0 Å². The first-order valence-electron chi connectivity index (χ1n) is 6.91. The van der Waals surface area contributed by atoms with Crippen LogP contribution in [0.3, 0.4) is 0 Å². The second-order valence-electron chi connectivity index (χ2n) is 4.86. The van der Waals surface area contributed by atoms with E-state index in [2.05, 4.69) is 26.1 Å². The summed E-state index contributed by atoms with van der Waals surface area (Å²) in [7, 11) is -0.776. The Bertz CT molecular complexity index is 229. The predicted molar refractivity (Wildman–Crippen MR) is 73.8 cm³/mol. The Hall–Kier alpha value is 0.0700. The Morgan fingerprint density at radius 1 is 1.47 bits per heavy atom. The highest BCUT2D eigenvalue weighted by Crippen LogP contribution is 2.16. The van der Waals surface area contributed by atoms with Crippen LogP contribution in [0, 0.1) is 0 Å². The fraction of sp³-hybridized carbons (Fsp3) is 1.00. The quantitative estimate of drug-likeness (QED) is 0.727. The van der Waals surface area contributed by atoms with Crippen molar-refractivity contribution in [3.05, 3.63) is 0 Å². The molecule has 1 aliphatic heterocycles. The standard InChI is InChI=1S/C13H27NO2S/c1-4-8-14-13(5-2)11(3)17(15)10-12-7-6-9-16-12/h11-14H,4-10H2,1-3H3. The fourth-order valence-electron chi connectivity index (χ4n) is 2.27. The predicted octanol–water partition coefficient (Wildman–Crippen LogP) is 2.08. The van der Waals surface area contributed by atoms with Crippen molar-refractivity contribution in [1.82, 2.24) is 5.32 Å². The molecule has 0 aliphatic carbocycles. The van der Waals surface area contributed by atoms with Gasteiger partial charge in [-0.05, 0) is 39.2 Å². The first-order valence-corrected chi connectivity index (χ1v) is 8.29. The normalized spacial score (nSPS) is 25.7. The van der Waals surface area contributed by atoms with Gasteiger partial charge in [0.1, 0.15) is 0 Å². The summed E-state index contributed by atoms with van der Waals surface area (Å²) < 4.78 is 17.8. The summed E-state index contributed by atoms with van der Waals surface area (Å²) in [5.41, 5.74) is 0. The molecule has 0 saturated carbocycles. The van der Waals surface area contributed by atoms with E-state index >= 15 is 0 Å². The molecule has 3 nitrogen and oxygen atoms in total. The van der Waals surface area contributed by atoms with Gasteiger partial charge in [-0.15, -0.1) is 0 Å². The Labute approximate surface area is 108 Å². The van der Waals surface area contributed by atoms with E-state index in [1.807, 2.05) is 0 Å². The van der Waals surface area contributed by atoms with E-state index in [0.29, 0.717) is 11.8 Å². The number of nitrogens with one attached hydrogen (secondary N) is 1. The molecule has 0 aromatic carbocycles. The van der Waals surface area contributed by atoms with Gasteiger partial charge < -0.3 is 10.1 Å². The van der Waals surface area contributed by atoms with E-state index in [4.69, 9.17) is 4.74 Å². The maximum atomic E-state index is 12.3. The lowest BCUT2D eigenvalue weighted by Crippen LogP contribution is -2.42. The van der Waals surface area contributed by atoms with Gasteiger partial charge in [-0.25, -0.2) is 0 Å². The maximum Gasteiger partial charge on any atom is 0.0691 e. The number of ether oxygens (including phenoxy) is 1. The first kappa shape index (κ1) is 15.1. The van der Waals surface area contributed by atoms with Gasteiger partial charge in [-0.1, -0.05) is 13.8 Å². The van der Waals surface area contributed by atoms with Gasteiger partial charge in [0.25, 0.3) is 0 Å². The van der Waals surface area contributed by atoms with Crippen LogP contribution in [0.1, 0.15) is 46.5 Å². The first-order chi connectivity index (χ1) is 8.19. The topological polar surface area (TPSA) is 38.3 Å². The van der Waals surface area contributed by atoms with Crippen molar-refractivity contribution >= 4 is 10.8 Å². The SMILES string of the molecule is CCCNC(CC)C(C)S(=O)CC1CCCO1. The summed E-state index contributed by atoms with van der Waals surface area (Å²) in [6.45, 7) is 8.28. The summed E-state index contributed by atoms with van der Waals surface area (Å²) in [4.78, 5) is 0. The van der Waals surface area contributed by atoms with E-state index in [9.17, 15) is 4.21 Å². The molecule has 1 fully saturated rings. The average molecular weight is 261 g/mol. The van der Waals surface area contributed by atoms with Gasteiger partial charge in [0.15, 0.2) is 0 Å². The van der Waals surface area contributed by atoms with E-state index in [1.165, 1.54) is 0 Å².